The molecule has 0 atom stereocenters. The fraction of sp³-hybridized carbons (Fsp3) is 0.846. The van der Waals surface area contributed by atoms with Crippen molar-refractivity contribution in [3.63, 3.8) is 0 Å². The number of amides is 3. The number of hydrogen-bond acceptors (Lipinski definition) is 3. The van der Waals surface area contributed by atoms with Gasteiger partial charge in [-0.1, -0.05) is 0 Å². The Bertz CT molecular complexity index is 298. The molecular weight excluding hydrogens is 246 g/mol. The van der Waals surface area contributed by atoms with Crippen LogP contribution in [0.4, 0.5) is 9.59 Å². The predicted octanol–water partition coefficient (Wildman–Crippen LogP) is 1.66. The molecule has 1 fully saturated rings. The van der Waals surface area contributed by atoms with Gasteiger partial charge in [0.1, 0.15) is 0 Å². The molecule has 6 heteroatoms. The van der Waals surface area contributed by atoms with Gasteiger partial charge in [0.15, 0.2) is 0 Å². The number of rotatable bonds is 4. The van der Waals surface area contributed by atoms with Gasteiger partial charge in [0.25, 0.3) is 0 Å². The molecule has 110 valence electrons. The molecule has 0 aromatic carbocycles. The average Bonchev–Trinajstić information content (AvgIpc) is 2.41. The average molecular weight is 271 g/mol. The molecule has 0 aliphatic carbocycles. The van der Waals surface area contributed by atoms with Crippen LogP contribution in [0.25, 0.3) is 0 Å². The molecule has 0 radical (unpaired) electrons. The zero-order chi connectivity index (χ0) is 14.3. The van der Waals surface area contributed by atoms with Crippen LogP contribution in [0.2, 0.25) is 0 Å². The molecule has 1 aliphatic rings. The van der Waals surface area contributed by atoms with Crippen LogP contribution in [-0.4, -0.2) is 60.8 Å². The predicted molar refractivity (Wildman–Crippen MR) is 73.1 cm³/mol. The number of hydrogen-bond donors (Lipinski definition) is 1. The maximum absolute atomic E-state index is 11.9. The summed E-state index contributed by atoms with van der Waals surface area (Å²) >= 11 is 0. The first kappa shape index (κ1) is 15.6. The second kappa shape index (κ2) is 7.86. The first-order chi connectivity index (χ1) is 9.12. The lowest BCUT2D eigenvalue weighted by atomic mass is 10.1. The molecule has 1 aliphatic heterocycles. The number of nitrogens with one attached hydrogen (secondary N) is 1. The Kier molecular flexibility index (Phi) is 6.45. The maximum Gasteiger partial charge on any atom is 0.409 e. The van der Waals surface area contributed by atoms with Crippen molar-refractivity contribution in [1.29, 1.82) is 0 Å². The Morgan fingerprint density at radius 3 is 2.26 bits per heavy atom. The number of likely N-dealkylation sites (tertiary alicyclic amines) is 1. The van der Waals surface area contributed by atoms with Gasteiger partial charge in [-0.15, -0.1) is 0 Å². The third-order valence-electron chi connectivity index (χ3n) is 3.40. The molecule has 6 nitrogen and oxygen atoms in total. The molecule has 0 aromatic heterocycles. The number of carbonyl (C=O) groups is 2. The van der Waals surface area contributed by atoms with Gasteiger partial charge < -0.3 is 19.9 Å². The summed E-state index contributed by atoms with van der Waals surface area (Å²) in [5.74, 6) is 0. The molecule has 1 heterocycles. The van der Waals surface area contributed by atoms with Crippen molar-refractivity contribution >= 4 is 12.1 Å². The first-order valence-electron chi connectivity index (χ1n) is 7.09. The Labute approximate surface area is 115 Å². The molecule has 0 spiro atoms. The van der Waals surface area contributed by atoms with E-state index >= 15 is 0 Å². The zero-order valence-corrected chi connectivity index (χ0v) is 12.1. The number of piperidine rings is 1. The summed E-state index contributed by atoms with van der Waals surface area (Å²) in [7, 11) is 0. The molecule has 0 unspecified atom stereocenters. The number of carbonyl (C=O) groups excluding carboxylic acids is 2. The fourth-order valence-corrected chi connectivity index (χ4v) is 2.20. The molecule has 1 N–H and O–H groups in total. The SMILES string of the molecule is CCOC(=O)N1CCC(NC(=O)N(CC)CC)CC1. The minimum atomic E-state index is -0.254. The Morgan fingerprint density at radius 2 is 1.79 bits per heavy atom. The number of ether oxygens (including phenoxy) is 1. The highest BCUT2D eigenvalue weighted by molar-refractivity contribution is 5.74. The number of nitrogens with zero attached hydrogens (tertiary/aromatic N) is 2. The molecule has 3 amide bonds. The second-order valence-electron chi connectivity index (χ2n) is 4.58. The van der Waals surface area contributed by atoms with E-state index in [0.29, 0.717) is 32.8 Å². The van der Waals surface area contributed by atoms with Crippen LogP contribution < -0.4 is 5.32 Å². The molecule has 1 saturated heterocycles. The van der Waals surface area contributed by atoms with Gasteiger partial charge in [-0.2, -0.15) is 0 Å². The Morgan fingerprint density at radius 1 is 1.21 bits per heavy atom. The smallest absolute Gasteiger partial charge is 0.409 e. The first-order valence-corrected chi connectivity index (χ1v) is 7.09. The summed E-state index contributed by atoms with van der Waals surface area (Å²) in [4.78, 5) is 26.9. The normalized spacial score (nSPS) is 16.1. The van der Waals surface area contributed by atoms with Gasteiger partial charge in [-0.05, 0) is 33.6 Å². The van der Waals surface area contributed by atoms with E-state index in [4.69, 9.17) is 4.74 Å². The molecule has 0 saturated carbocycles. The van der Waals surface area contributed by atoms with E-state index in [9.17, 15) is 9.59 Å². The van der Waals surface area contributed by atoms with Crippen molar-refractivity contribution in [2.24, 2.45) is 0 Å². The lowest BCUT2D eigenvalue weighted by molar-refractivity contribution is 0.0952. The zero-order valence-electron chi connectivity index (χ0n) is 12.1. The van der Waals surface area contributed by atoms with Gasteiger partial charge in [-0.25, -0.2) is 9.59 Å². The van der Waals surface area contributed by atoms with Crippen LogP contribution in [0.1, 0.15) is 33.6 Å². The summed E-state index contributed by atoms with van der Waals surface area (Å²) in [5, 5.41) is 3.02. The largest absolute Gasteiger partial charge is 0.450 e. The molecule has 1 rings (SSSR count). The van der Waals surface area contributed by atoms with Crippen molar-refractivity contribution in [2.75, 3.05) is 32.8 Å². The summed E-state index contributed by atoms with van der Waals surface area (Å²) in [6.45, 7) is 8.84. The van der Waals surface area contributed by atoms with E-state index in [-0.39, 0.29) is 18.2 Å². The van der Waals surface area contributed by atoms with Gasteiger partial charge in [0, 0.05) is 32.2 Å². The van der Waals surface area contributed by atoms with Crippen LogP contribution in [-0.2, 0) is 4.74 Å². The molecule has 0 aromatic rings. The van der Waals surface area contributed by atoms with Gasteiger partial charge in [0.2, 0.25) is 0 Å². The molecule has 0 bridgehead atoms. The second-order valence-corrected chi connectivity index (χ2v) is 4.58. The minimum absolute atomic E-state index is 0.0143. The molecule has 19 heavy (non-hydrogen) atoms. The summed E-state index contributed by atoms with van der Waals surface area (Å²) in [5.41, 5.74) is 0. The van der Waals surface area contributed by atoms with Crippen molar-refractivity contribution in [3.8, 4) is 0 Å². The molecular formula is C13H25N3O3. The minimum Gasteiger partial charge on any atom is -0.450 e. The van der Waals surface area contributed by atoms with Crippen molar-refractivity contribution < 1.29 is 14.3 Å². The van der Waals surface area contributed by atoms with Gasteiger partial charge in [-0.3, -0.25) is 0 Å². The third kappa shape index (κ3) is 4.61. The Hall–Kier alpha value is -1.46. The third-order valence-corrected chi connectivity index (χ3v) is 3.40. The van der Waals surface area contributed by atoms with Crippen LogP contribution in [0.15, 0.2) is 0 Å². The number of urea groups is 1. The van der Waals surface area contributed by atoms with Crippen molar-refractivity contribution in [2.45, 2.75) is 39.7 Å². The summed E-state index contributed by atoms with van der Waals surface area (Å²) < 4.78 is 4.96. The van der Waals surface area contributed by atoms with E-state index in [1.807, 2.05) is 13.8 Å². The monoisotopic (exact) mass is 271 g/mol. The van der Waals surface area contributed by atoms with Crippen LogP contribution in [0, 0.1) is 0 Å². The van der Waals surface area contributed by atoms with Crippen molar-refractivity contribution in [3.05, 3.63) is 0 Å². The van der Waals surface area contributed by atoms with Crippen LogP contribution in [0.3, 0.4) is 0 Å². The fourth-order valence-electron chi connectivity index (χ4n) is 2.20. The lowest BCUT2D eigenvalue weighted by Gasteiger charge is -2.32. The van der Waals surface area contributed by atoms with E-state index < -0.39 is 0 Å². The van der Waals surface area contributed by atoms with E-state index in [1.54, 1.807) is 16.7 Å². The summed E-state index contributed by atoms with van der Waals surface area (Å²) in [6, 6.07) is 0.137. The van der Waals surface area contributed by atoms with Crippen LogP contribution >= 0.6 is 0 Å². The highest BCUT2D eigenvalue weighted by atomic mass is 16.6. The van der Waals surface area contributed by atoms with Gasteiger partial charge in [0.05, 0.1) is 6.61 Å². The highest BCUT2D eigenvalue weighted by Crippen LogP contribution is 2.11. The highest BCUT2D eigenvalue weighted by Gasteiger charge is 2.25. The van der Waals surface area contributed by atoms with E-state index in [0.717, 1.165) is 12.8 Å². The van der Waals surface area contributed by atoms with Crippen LogP contribution in [0.5, 0.6) is 0 Å². The van der Waals surface area contributed by atoms with Gasteiger partial charge >= 0.3 is 12.1 Å². The van der Waals surface area contributed by atoms with E-state index in [1.165, 1.54) is 0 Å². The lowest BCUT2D eigenvalue weighted by Crippen LogP contribution is -2.50. The van der Waals surface area contributed by atoms with E-state index in [2.05, 4.69) is 5.32 Å². The quantitative estimate of drug-likeness (QED) is 0.846. The standard InChI is InChI=1S/C13H25N3O3/c1-4-15(5-2)12(17)14-11-7-9-16(10-8-11)13(18)19-6-3/h11H,4-10H2,1-3H3,(H,14,17). The van der Waals surface area contributed by atoms with Crippen molar-refractivity contribution in [1.82, 2.24) is 15.1 Å². The maximum atomic E-state index is 11.9. The Balaban J connectivity index is 2.34. The topological polar surface area (TPSA) is 61.9 Å². The summed E-state index contributed by atoms with van der Waals surface area (Å²) in [6.07, 6.45) is 1.31.